The van der Waals surface area contributed by atoms with E-state index in [2.05, 4.69) is 5.32 Å². The molecule has 0 aliphatic rings. The standard InChI is InChI=1S/C12H18FNO2S/c1-9(14-6-3-7-17(2)16)11-5-4-10(15)8-12(11)13/h4-5,8-9,14-15H,3,6-7H2,1-2H3. The molecule has 0 heterocycles. The number of hydrogen-bond acceptors (Lipinski definition) is 3. The third kappa shape index (κ3) is 4.83. The third-order valence-electron chi connectivity index (χ3n) is 2.51. The molecule has 0 aromatic heterocycles. The van der Waals surface area contributed by atoms with Gasteiger partial charge < -0.3 is 10.4 Å². The number of aromatic hydroxyl groups is 1. The first-order valence-electron chi connectivity index (χ1n) is 5.52. The van der Waals surface area contributed by atoms with Gasteiger partial charge >= 0.3 is 0 Å². The quantitative estimate of drug-likeness (QED) is 0.768. The first kappa shape index (κ1) is 14.1. The third-order valence-corrected chi connectivity index (χ3v) is 3.37. The molecule has 2 N–H and O–H groups in total. The molecule has 1 rings (SSSR count). The number of rotatable bonds is 6. The van der Waals surface area contributed by atoms with Crippen molar-refractivity contribution in [3.05, 3.63) is 29.6 Å². The van der Waals surface area contributed by atoms with E-state index in [-0.39, 0.29) is 11.8 Å². The number of phenolic OH excluding ortho intramolecular Hbond substituents is 1. The van der Waals surface area contributed by atoms with E-state index in [4.69, 9.17) is 5.11 Å². The number of nitrogens with one attached hydrogen (secondary N) is 1. The maximum absolute atomic E-state index is 13.5. The van der Waals surface area contributed by atoms with Crippen molar-refractivity contribution < 1.29 is 13.7 Å². The number of hydrogen-bond donors (Lipinski definition) is 2. The fourth-order valence-electron chi connectivity index (χ4n) is 1.57. The van der Waals surface area contributed by atoms with Crippen molar-refractivity contribution in [3.8, 4) is 5.75 Å². The van der Waals surface area contributed by atoms with E-state index in [1.807, 2.05) is 6.92 Å². The number of benzene rings is 1. The molecule has 2 unspecified atom stereocenters. The SMILES string of the molecule is CC(NCCCS(C)=O)c1ccc(O)cc1F. The number of phenols is 1. The summed E-state index contributed by atoms with van der Waals surface area (Å²) in [5, 5.41) is 12.3. The molecule has 96 valence electrons. The molecule has 0 saturated carbocycles. The predicted molar refractivity (Wildman–Crippen MR) is 68.0 cm³/mol. The van der Waals surface area contributed by atoms with Gasteiger partial charge in [0.15, 0.2) is 0 Å². The summed E-state index contributed by atoms with van der Waals surface area (Å²) < 4.78 is 24.3. The van der Waals surface area contributed by atoms with Crippen molar-refractivity contribution in [2.45, 2.75) is 19.4 Å². The van der Waals surface area contributed by atoms with Crippen LogP contribution in [0.25, 0.3) is 0 Å². The highest BCUT2D eigenvalue weighted by molar-refractivity contribution is 7.84. The van der Waals surface area contributed by atoms with E-state index >= 15 is 0 Å². The van der Waals surface area contributed by atoms with Crippen molar-refractivity contribution in [2.75, 3.05) is 18.6 Å². The van der Waals surface area contributed by atoms with Crippen molar-refractivity contribution in [1.82, 2.24) is 5.32 Å². The van der Waals surface area contributed by atoms with Gasteiger partial charge in [-0.3, -0.25) is 4.21 Å². The Morgan fingerprint density at radius 3 is 2.82 bits per heavy atom. The molecular weight excluding hydrogens is 241 g/mol. The molecule has 0 spiro atoms. The van der Waals surface area contributed by atoms with E-state index in [0.29, 0.717) is 17.9 Å². The van der Waals surface area contributed by atoms with Crippen LogP contribution in [0.5, 0.6) is 5.75 Å². The summed E-state index contributed by atoms with van der Waals surface area (Å²) in [5.74, 6) is 0.168. The molecule has 1 aromatic carbocycles. The topological polar surface area (TPSA) is 49.3 Å². The second kappa shape index (κ2) is 6.71. The molecule has 1 aromatic rings. The monoisotopic (exact) mass is 259 g/mol. The molecule has 17 heavy (non-hydrogen) atoms. The molecule has 0 aliphatic carbocycles. The smallest absolute Gasteiger partial charge is 0.131 e. The van der Waals surface area contributed by atoms with Gasteiger partial charge in [0.05, 0.1) is 0 Å². The van der Waals surface area contributed by atoms with Gasteiger partial charge in [-0.15, -0.1) is 0 Å². The van der Waals surface area contributed by atoms with Gasteiger partial charge in [-0.2, -0.15) is 0 Å². The second-order valence-electron chi connectivity index (χ2n) is 4.01. The summed E-state index contributed by atoms with van der Waals surface area (Å²) in [6, 6.07) is 4.02. The van der Waals surface area contributed by atoms with Crippen molar-refractivity contribution in [1.29, 1.82) is 0 Å². The Balaban J connectivity index is 2.46. The van der Waals surface area contributed by atoms with Gasteiger partial charge in [0.1, 0.15) is 11.6 Å². The van der Waals surface area contributed by atoms with Gasteiger partial charge in [-0.1, -0.05) is 6.07 Å². The van der Waals surface area contributed by atoms with E-state index in [9.17, 15) is 8.60 Å². The molecule has 0 radical (unpaired) electrons. The van der Waals surface area contributed by atoms with Gasteiger partial charge in [0.25, 0.3) is 0 Å². The van der Waals surface area contributed by atoms with Crippen LogP contribution in [0.3, 0.4) is 0 Å². The Morgan fingerprint density at radius 2 is 2.24 bits per heavy atom. The minimum atomic E-state index is -0.779. The average Bonchev–Trinajstić information content (AvgIpc) is 2.23. The summed E-state index contributed by atoms with van der Waals surface area (Å²) in [7, 11) is -0.779. The van der Waals surface area contributed by atoms with Crippen LogP contribution in [0, 0.1) is 5.82 Å². The minimum Gasteiger partial charge on any atom is -0.508 e. The lowest BCUT2D eigenvalue weighted by atomic mass is 10.1. The lowest BCUT2D eigenvalue weighted by Gasteiger charge is -2.14. The van der Waals surface area contributed by atoms with Gasteiger partial charge in [0.2, 0.25) is 0 Å². The van der Waals surface area contributed by atoms with Crippen LogP contribution in [0.15, 0.2) is 18.2 Å². The zero-order valence-corrected chi connectivity index (χ0v) is 10.9. The minimum absolute atomic E-state index is 0.0696. The molecule has 0 amide bonds. The molecule has 2 atom stereocenters. The van der Waals surface area contributed by atoms with Crippen LogP contribution in [-0.2, 0) is 10.8 Å². The predicted octanol–water partition coefficient (Wildman–Crippen LogP) is 1.95. The summed E-state index contributed by atoms with van der Waals surface area (Å²) in [4.78, 5) is 0. The fraction of sp³-hybridized carbons (Fsp3) is 0.500. The lowest BCUT2D eigenvalue weighted by Crippen LogP contribution is -2.21. The fourth-order valence-corrected chi connectivity index (χ4v) is 2.12. The molecule has 0 fully saturated rings. The molecule has 0 bridgehead atoms. The van der Waals surface area contributed by atoms with E-state index < -0.39 is 16.6 Å². The Bertz CT molecular complexity index is 398. The van der Waals surface area contributed by atoms with Crippen LogP contribution in [-0.4, -0.2) is 27.9 Å². The average molecular weight is 259 g/mol. The van der Waals surface area contributed by atoms with Gasteiger partial charge in [0, 0.05) is 40.5 Å². The molecular formula is C12H18FNO2S. The van der Waals surface area contributed by atoms with Crippen LogP contribution >= 0.6 is 0 Å². The zero-order valence-electron chi connectivity index (χ0n) is 10.1. The summed E-state index contributed by atoms with van der Waals surface area (Å²) in [6.07, 6.45) is 2.47. The van der Waals surface area contributed by atoms with Crippen LogP contribution in [0.1, 0.15) is 24.9 Å². The highest BCUT2D eigenvalue weighted by Gasteiger charge is 2.10. The normalized spacial score (nSPS) is 14.5. The molecule has 3 nitrogen and oxygen atoms in total. The summed E-state index contributed by atoms with van der Waals surface area (Å²) in [6.45, 7) is 2.55. The Hall–Kier alpha value is -0.940. The van der Waals surface area contributed by atoms with Crippen LogP contribution in [0.4, 0.5) is 4.39 Å². The van der Waals surface area contributed by atoms with Gasteiger partial charge in [-0.05, 0) is 26.0 Å². The Kier molecular flexibility index (Phi) is 5.58. The largest absolute Gasteiger partial charge is 0.508 e. The highest BCUT2D eigenvalue weighted by atomic mass is 32.2. The van der Waals surface area contributed by atoms with Gasteiger partial charge in [-0.25, -0.2) is 4.39 Å². The first-order valence-corrected chi connectivity index (χ1v) is 7.25. The molecule has 0 aliphatic heterocycles. The molecule has 0 saturated heterocycles. The number of halogens is 1. The summed E-state index contributed by atoms with van der Waals surface area (Å²) >= 11 is 0. The first-order chi connectivity index (χ1) is 8.00. The van der Waals surface area contributed by atoms with E-state index in [0.717, 1.165) is 12.5 Å². The van der Waals surface area contributed by atoms with Crippen LogP contribution in [0.2, 0.25) is 0 Å². The van der Waals surface area contributed by atoms with Crippen molar-refractivity contribution >= 4 is 10.8 Å². The lowest BCUT2D eigenvalue weighted by molar-refractivity contribution is 0.463. The second-order valence-corrected chi connectivity index (χ2v) is 5.57. The molecule has 5 heteroatoms. The zero-order chi connectivity index (χ0) is 12.8. The Labute approximate surface area is 104 Å². The van der Waals surface area contributed by atoms with Crippen molar-refractivity contribution in [3.63, 3.8) is 0 Å². The van der Waals surface area contributed by atoms with Crippen molar-refractivity contribution in [2.24, 2.45) is 0 Å². The highest BCUT2D eigenvalue weighted by Crippen LogP contribution is 2.20. The van der Waals surface area contributed by atoms with E-state index in [1.165, 1.54) is 6.07 Å². The van der Waals surface area contributed by atoms with E-state index in [1.54, 1.807) is 12.3 Å². The maximum atomic E-state index is 13.5. The van der Waals surface area contributed by atoms with Crippen LogP contribution < -0.4 is 5.32 Å². The Morgan fingerprint density at radius 1 is 1.53 bits per heavy atom. The summed E-state index contributed by atoms with van der Waals surface area (Å²) in [5.41, 5.74) is 0.528. The maximum Gasteiger partial charge on any atom is 0.131 e.